The highest BCUT2D eigenvalue weighted by Crippen LogP contribution is 2.20. The number of nitro groups is 1. The van der Waals surface area contributed by atoms with Crippen molar-refractivity contribution in [2.75, 3.05) is 11.9 Å². The number of nitrogens with zero attached hydrogens (tertiary/aromatic N) is 1. The number of nitrogens with one attached hydrogen (secondary N) is 1. The summed E-state index contributed by atoms with van der Waals surface area (Å²) in [6.45, 7) is 4.82. The van der Waals surface area contributed by atoms with Gasteiger partial charge in [-0.3, -0.25) is 10.1 Å². The highest BCUT2D eigenvalue weighted by atomic mass is 16.6. The third-order valence-electron chi connectivity index (χ3n) is 3.50. The summed E-state index contributed by atoms with van der Waals surface area (Å²) in [4.78, 5) is 10.6. The lowest BCUT2D eigenvalue weighted by atomic mass is 10.1. The van der Waals surface area contributed by atoms with E-state index in [1.54, 1.807) is 12.1 Å². The Kier molecular flexibility index (Phi) is 4.35. The summed E-state index contributed by atoms with van der Waals surface area (Å²) < 4.78 is 0. The Balaban J connectivity index is 2.03. The van der Waals surface area contributed by atoms with Crippen LogP contribution in [-0.4, -0.2) is 11.5 Å². The van der Waals surface area contributed by atoms with Crippen LogP contribution in [0.5, 0.6) is 0 Å². The van der Waals surface area contributed by atoms with Gasteiger partial charge in [0.2, 0.25) is 0 Å². The summed E-state index contributed by atoms with van der Waals surface area (Å²) in [7, 11) is 0. The molecule has 0 fully saturated rings. The normalized spacial score (nSPS) is 10.3. The number of hydrogen-bond donors (Lipinski definition) is 1. The maximum absolute atomic E-state index is 10.9. The molecule has 0 unspecified atom stereocenters. The molecular formula is C16H18N2O2. The molecule has 2 aromatic rings. The molecule has 2 aromatic carbocycles. The molecule has 2 rings (SSSR count). The summed E-state index contributed by atoms with van der Waals surface area (Å²) in [6, 6.07) is 13.0. The minimum absolute atomic E-state index is 0.190. The van der Waals surface area contributed by atoms with Gasteiger partial charge in [0.15, 0.2) is 0 Å². The zero-order chi connectivity index (χ0) is 14.5. The van der Waals surface area contributed by atoms with E-state index >= 15 is 0 Å². The van der Waals surface area contributed by atoms with Gasteiger partial charge in [-0.05, 0) is 37.5 Å². The number of benzene rings is 2. The predicted octanol–water partition coefficient (Wildman–Crippen LogP) is 3.87. The first-order valence-electron chi connectivity index (χ1n) is 6.62. The summed E-state index contributed by atoms with van der Waals surface area (Å²) in [5, 5.41) is 14.3. The molecule has 4 heteroatoms. The molecule has 4 nitrogen and oxygen atoms in total. The molecule has 0 saturated heterocycles. The van der Waals surface area contributed by atoms with Crippen LogP contribution < -0.4 is 5.32 Å². The van der Waals surface area contributed by atoms with Crippen LogP contribution in [0.1, 0.15) is 16.7 Å². The van der Waals surface area contributed by atoms with Crippen LogP contribution in [0, 0.1) is 24.0 Å². The van der Waals surface area contributed by atoms with Gasteiger partial charge in [-0.2, -0.15) is 0 Å². The van der Waals surface area contributed by atoms with E-state index in [1.165, 1.54) is 11.1 Å². The quantitative estimate of drug-likeness (QED) is 0.663. The molecule has 0 aromatic heterocycles. The lowest BCUT2D eigenvalue weighted by molar-refractivity contribution is -0.385. The fraction of sp³-hybridized carbons (Fsp3) is 0.250. The van der Waals surface area contributed by atoms with E-state index in [2.05, 4.69) is 25.2 Å². The molecule has 0 saturated carbocycles. The van der Waals surface area contributed by atoms with Gasteiger partial charge in [0.25, 0.3) is 5.69 Å². The summed E-state index contributed by atoms with van der Waals surface area (Å²) in [6.07, 6.45) is 0.629. The van der Waals surface area contributed by atoms with Crippen LogP contribution in [0.15, 0.2) is 42.5 Å². The summed E-state index contributed by atoms with van der Waals surface area (Å²) >= 11 is 0. The Bertz CT molecular complexity index is 624. The number of hydrogen-bond acceptors (Lipinski definition) is 3. The third kappa shape index (κ3) is 3.15. The first kappa shape index (κ1) is 14.1. The van der Waals surface area contributed by atoms with Crippen molar-refractivity contribution < 1.29 is 4.92 Å². The monoisotopic (exact) mass is 270 g/mol. The van der Waals surface area contributed by atoms with Gasteiger partial charge in [-0.25, -0.2) is 0 Å². The van der Waals surface area contributed by atoms with E-state index in [0.29, 0.717) is 13.0 Å². The fourth-order valence-electron chi connectivity index (χ4n) is 2.17. The second kappa shape index (κ2) is 6.19. The summed E-state index contributed by atoms with van der Waals surface area (Å²) in [5.41, 5.74) is 4.49. The SMILES string of the molecule is Cc1cccc(NCCc2ccccc2[N+](=O)[O-])c1C. The number of rotatable bonds is 5. The molecule has 0 spiro atoms. The average molecular weight is 270 g/mol. The molecule has 1 N–H and O–H groups in total. The highest BCUT2D eigenvalue weighted by Gasteiger charge is 2.11. The lowest BCUT2D eigenvalue weighted by Gasteiger charge is -2.11. The van der Waals surface area contributed by atoms with Crippen LogP contribution in [0.4, 0.5) is 11.4 Å². The van der Waals surface area contributed by atoms with Gasteiger partial charge < -0.3 is 5.32 Å². The van der Waals surface area contributed by atoms with Crippen LogP contribution in [0.2, 0.25) is 0 Å². The molecule has 0 radical (unpaired) electrons. The number of para-hydroxylation sites is 1. The average Bonchev–Trinajstić information content (AvgIpc) is 2.44. The van der Waals surface area contributed by atoms with Crippen molar-refractivity contribution in [3.63, 3.8) is 0 Å². The van der Waals surface area contributed by atoms with Gasteiger partial charge in [0.1, 0.15) is 0 Å². The largest absolute Gasteiger partial charge is 0.384 e. The van der Waals surface area contributed by atoms with E-state index in [0.717, 1.165) is 11.3 Å². The summed E-state index contributed by atoms with van der Waals surface area (Å²) in [5.74, 6) is 0. The van der Waals surface area contributed by atoms with Gasteiger partial charge >= 0.3 is 0 Å². The molecule has 0 aliphatic rings. The second-order valence-electron chi connectivity index (χ2n) is 4.81. The van der Waals surface area contributed by atoms with Crippen LogP contribution in [0.3, 0.4) is 0 Å². The van der Waals surface area contributed by atoms with Crippen molar-refractivity contribution >= 4 is 11.4 Å². The smallest absolute Gasteiger partial charge is 0.272 e. The maximum atomic E-state index is 10.9. The fourth-order valence-corrected chi connectivity index (χ4v) is 2.17. The molecule has 0 amide bonds. The molecule has 0 aliphatic heterocycles. The van der Waals surface area contributed by atoms with Crippen molar-refractivity contribution in [1.29, 1.82) is 0 Å². The molecule has 0 bridgehead atoms. The van der Waals surface area contributed by atoms with E-state index in [-0.39, 0.29) is 10.6 Å². The Hall–Kier alpha value is -2.36. The van der Waals surface area contributed by atoms with Gasteiger partial charge in [-0.1, -0.05) is 30.3 Å². The third-order valence-corrected chi connectivity index (χ3v) is 3.50. The van der Waals surface area contributed by atoms with Crippen LogP contribution in [-0.2, 0) is 6.42 Å². The number of anilines is 1. The molecule has 0 atom stereocenters. The van der Waals surface area contributed by atoms with Gasteiger partial charge in [-0.15, -0.1) is 0 Å². The zero-order valence-electron chi connectivity index (χ0n) is 11.7. The topological polar surface area (TPSA) is 55.2 Å². The minimum Gasteiger partial charge on any atom is -0.384 e. The zero-order valence-corrected chi connectivity index (χ0v) is 11.7. The van der Waals surface area contributed by atoms with E-state index in [1.807, 2.05) is 24.3 Å². The minimum atomic E-state index is -0.326. The predicted molar refractivity (Wildman–Crippen MR) is 81.2 cm³/mol. The first-order valence-corrected chi connectivity index (χ1v) is 6.62. The molecular weight excluding hydrogens is 252 g/mol. The standard InChI is InChI=1S/C16H18N2O2/c1-12-6-5-8-15(13(12)2)17-11-10-14-7-3-4-9-16(14)18(19)20/h3-9,17H,10-11H2,1-2H3. The van der Waals surface area contributed by atoms with E-state index < -0.39 is 0 Å². The van der Waals surface area contributed by atoms with E-state index in [9.17, 15) is 10.1 Å². The lowest BCUT2D eigenvalue weighted by Crippen LogP contribution is -2.07. The Morgan fingerprint density at radius 2 is 1.85 bits per heavy atom. The number of aryl methyl sites for hydroxylation is 1. The van der Waals surface area contributed by atoms with Gasteiger partial charge in [0, 0.05) is 23.9 Å². The molecule has 0 heterocycles. The second-order valence-corrected chi connectivity index (χ2v) is 4.81. The van der Waals surface area contributed by atoms with Crippen molar-refractivity contribution in [1.82, 2.24) is 0 Å². The first-order chi connectivity index (χ1) is 9.59. The Morgan fingerprint density at radius 1 is 1.10 bits per heavy atom. The highest BCUT2D eigenvalue weighted by molar-refractivity contribution is 5.53. The van der Waals surface area contributed by atoms with Gasteiger partial charge in [0.05, 0.1) is 4.92 Å². The van der Waals surface area contributed by atoms with Crippen molar-refractivity contribution in [3.05, 3.63) is 69.3 Å². The molecule has 104 valence electrons. The Labute approximate surface area is 118 Å². The van der Waals surface area contributed by atoms with Crippen molar-refractivity contribution in [2.24, 2.45) is 0 Å². The maximum Gasteiger partial charge on any atom is 0.272 e. The van der Waals surface area contributed by atoms with Crippen LogP contribution in [0.25, 0.3) is 0 Å². The van der Waals surface area contributed by atoms with Crippen molar-refractivity contribution in [3.8, 4) is 0 Å². The molecule has 0 aliphatic carbocycles. The van der Waals surface area contributed by atoms with Crippen molar-refractivity contribution in [2.45, 2.75) is 20.3 Å². The molecule has 20 heavy (non-hydrogen) atoms. The Morgan fingerprint density at radius 3 is 2.60 bits per heavy atom. The van der Waals surface area contributed by atoms with Crippen LogP contribution >= 0.6 is 0 Å². The number of nitro benzene ring substituents is 1. The van der Waals surface area contributed by atoms with E-state index in [4.69, 9.17) is 0 Å².